The lowest BCUT2D eigenvalue weighted by molar-refractivity contribution is -0.131. The first-order valence-electron chi connectivity index (χ1n) is 5.70. The number of rotatable bonds is 5. The molecule has 0 saturated heterocycles. The van der Waals surface area contributed by atoms with Crippen LogP contribution in [0.15, 0.2) is 0 Å². The lowest BCUT2D eigenvalue weighted by Gasteiger charge is -2.18. The van der Waals surface area contributed by atoms with Gasteiger partial charge in [-0.25, -0.2) is 4.68 Å². The molecule has 0 aromatic carbocycles. The van der Waals surface area contributed by atoms with Gasteiger partial charge in [0.25, 0.3) is 0 Å². The second-order valence-corrected chi connectivity index (χ2v) is 3.80. The number of aromatic nitrogens is 3. The van der Waals surface area contributed by atoms with Gasteiger partial charge in [-0.1, -0.05) is 5.21 Å². The van der Waals surface area contributed by atoms with Crippen molar-refractivity contribution < 1.29 is 9.59 Å². The second-order valence-electron chi connectivity index (χ2n) is 3.80. The molecular weight excluding hydrogens is 220 g/mol. The maximum Gasteiger partial charge on any atom is 0.244 e. The van der Waals surface area contributed by atoms with Gasteiger partial charge in [0.15, 0.2) is 11.5 Å². The predicted octanol–water partition coefficient (Wildman–Crippen LogP) is 0.658. The van der Waals surface area contributed by atoms with Crippen LogP contribution in [0.4, 0.5) is 0 Å². The number of amides is 1. The number of hydrogen-bond donors (Lipinski definition) is 0. The minimum atomic E-state index is -0.135. The van der Waals surface area contributed by atoms with Gasteiger partial charge >= 0.3 is 0 Å². The molecule has 0 aliphatic carbocycles. The van der Waals surface area contributed by atoms with Crippen molar-refractivity contribution in [2.24, 2.45) is 0 Å². The Bertz CT molecular complexity index is 421. The van der Waals surface area contributed by atoms with E-state index in [1.807, 2.05) is 13.8 Å². The molecule has 1 aromatic heterocycles. The van der Waals surface area contributed by atoms with Crippen molar-refractivity contribution in [3.05, 3.63) is 11.4 Å². The van der Waals surface area contributed by atoms with Crippen molar-refractivity contribution in [1.29, 1.82) is 0 Å². The first kappa shape index (κ1) is 13.3. The zero-order chi connectivity index (χ0) is 13.0. The molecule has 0 fully saturated rings. The van der Waals surface area contributed by atoms with Gasteiger partial charge in [-0.2, -0.15) is 0 Å². The third-order valence-electron chi connectivity index (χ3n) is 2.72. The average Bonchev–Trinajstić information content (AvgIpc) is 2.62. The molecule has 0 aliphatic rings. The highest BCUT2D eigenvalue weighted by Crippen LogP contribution is 2.05. The van der Waals surface area contributed by atoms with Gasteiger partial charge in [0.05, 0.1) is 5.69 Å². The van der Waals surface area contributed by atoms with Gasteiger partial charge in [0.1, 0.15) is 6.54 Å². The molecule has 94 valence electrons. The van der Waals surface area contributed by atoms with Gasteiger partial charge < -0.3 is 4.90 Å². The summed E-state index contributed by atoms with van der Waals surface area (Å²) in [6.45, 7) is 8.51. The van der Waals surface area contributed by atoms with Gasteiger partial charge in [0, 0.05) is 20.0 Å². The summed E-state index contributed by atoms with van der Waals surface area (Å²) in [5.74, 6) is -0.151. The summed E-state index contributed by atoms with van der Waals surface area (Å²) in [6.07, 6.45) is 0. The molecule has 0 spiro atoms. The fourth-order valence-electron chi connectivity index (χ4n) is 1.64. The SMILES string of the molecule is CCN(CC)C(=O)Cn1nnc(C(C)=O)c1C. The number of hydrogen-bond acceptors (Lipinski definition) is 4. The predicted molar refractivity (Wildman–Crippen MR) is 62.7 cm³/mol. The monoisotopic (exact) mass is 238 g/mol. The van der Waals surface area contributed by atoms with Crippen molar-refractivity contribution in [2.45, 2.75) is 34.2 Å². The molecule has 1 amide bonds. The van der Waals surface area contributed by atoms with Crippen LogP contribution in [0.25, 0.3) is 0 Å². The van der Waals surface area contributed by atoms with Crippen LogP contribution in [0, 0.1) is 6.92 Å². The fourth-order valence-corrected chi connectivity index (χ4v) is 1.64. The van der Waals surface area contributed by atoms with E-state index in [9.17, 15) is 9.59 Å². The van der Waals surface area contributed by atoms with Crippen LogP contribution in [0.3, 0.4) is 0 Å². The van der Waals surface area contributed by atoms with E-state index in [1.165, 1.54) is 11.6 Å². The number of likely N-dealkylation sites (N-methyl/N-ethyl adjacent to an activating group) is 1. The first-order valence-corrected chi connectivity index (χ1v) is 5.70. The Balaban J connectivity index is 2.82. The summed E-state index contributed by atoms with van der Waals surface area (Å²) in [6, 6.07) is 0. The third-order valence-corrected chi connectivity index (χ3v) is 2.72. The van der Waals surface area contributed by atoms with Crippen molar-refractivity contribution in [3.63, 3.8) is 0 Å². The van der Waals surface area contributed by atoms with Crippen LogP contribution in [0.2, 0.25) is 0 Å². The molecule has 0 N–H and O–H groups in total. The van der Waals surface area contributed by atoms with Crippen LogP contribution in [-0.4, -0.2) is 44.7 Å². The van der Waals surface area contributed by atoms with Gasteiger partial charge in [-0.3, -0.25) is 9.59 Å². The van der Waals surface area contributed by atoms with Gasteiger partial charge in [-0.05, 0) is 20.8 Å². The Labute approximate surface area is 101 Å². The lowest BCUT2D eigenvalue weighted by Crippen LogP contribution is -2.34. The average molecular weight is 238 g/mol. The first-order chi connectivity index (χ1) is 8.01. The molecule has 0 bridgehead atoms. The van der Waals surface area contributed by atoms with Gasteiger partial charge in [-0.15, -0.1) is 5.10 Å². The number of Topliss-reactive ketones (excluding diaryl/α,β-unsaturated/α-hetero) is 1. The molecule has 0 saturated carbocycles. The van der Waals surface area contributed by atoms with E-state index in [0.29, 0.717) is 24.5 Å². The molecule has 1 heterocycles. The van der Waals surface area contributed by atoms with Crippen LogP contribution in [0.1, 0.15) is 37.0 Å². The van der Waals surface area contributed by atoms with Crippen molar-refractivity contribution in [1.82, 2.24) is 19.9 Å². The summed E-state index contributed by atoms with van der Waals surface area (Å²) in [7, 11) is 0. The van der Waals surface area contributed by atoms with Crippen molar-refractivity contribution in [2.75, 3.05) is 13.1 Å². The Morgan fingerprint density at radius 3 is 2.29 bits per heavy atom. The summed E-state index contributed by atoms with van der Waals surface area (Å²) in [4.78, 5) is 24.8. The molecule has 1 aromatic rings. The summed E-state index contributed by atoms with van der Waals surface area (Å²) >= 11 is 0. The standard InChI is InChI=1S/C11H18N4O2/c1-5-14(6-2)10(17)7-15-8(3)11(9(4)16)12-13-15/h5-7H2,1-4H3. The van der Waals surface area contributed by atoms with E-state index < -0.39 is 0 Å². The second kappa shape index (κ2) is 5.56. The Morgan fingerprint density at radius 1 is 1.29 bits per heavy atom. The zero-order valence-electron chi connectivity index (χ0n) is 10.7. The molecule has 0 atom stereocenters. The third kappa shape index (κ3) is 2.89. The minimum absolute atomic E-state index is 0.0156. The highest BCUT2D eigenvalue weighted by Gasteiger charge is 2.16. The van der Waals surface area contributed by atoms with Crippen molar-refractivity contribution >= 4 is 11.7 Å². The van der Waals surface area contributed by atoms with Crippen molar-refractivity contribution in [3.8, 4) is 0 Å². The van der Waals surface area contributed by atoms with E-state index in [0.717, 1.165) is 0 Å². The minimum Gasteiger partial charge on any atom is -0.342 e. The largest absolute Gasteiger partial charge is 0.342 e. The van der Waals surface area contributed by atoms with Crippen LogP contribution >= 0.6 is 0 Å². The molecule has 6 nitrogen and oxygen atoms in total. The molecule has 17 heavy (non-hydrogen) atoms. The smallest absolute Gasteiger partial charge is 0.244 e. The number of carbonyl (C=O) groups excluding carboxylic acids is 2. The topological polar surface area (TPSA) is 68.1 Å². The molecule has 0 unspecified atom stereocenters. The normalized spacial score (nSPS) is 10.4. The number of nitrogens with zero attached hydrogens (tertiary/aromatic N) is 4. The van der Waals surface area contributed by atoms with Crippen LogP contribution < -0.4 is 0 Å². The van der Waals surface area contributed by atoms with Gasteiger partial charge in [0.2, 0.25) is 5.91 Å². The lowest BCUT2D eigenvalue weighted by atomic mass is 10.2. The maximum atomic E-state index is 11.9. The van der Waals surface area contributed by atoms with E-state index in [4.69, 9.17) is 0 Å². The molecule has 0 radical (unpaired) electrons. The fraction of sp³-hybridized carbons (Fsp3) is 0.636. The van der Waals surface area contributed by atoms with E-state index in [-0.39, 0.29) is 18.2 Å². The zero-order valence-corrected chi connectivity index (χ0v) is 10.7. The molecule has 1 rings (SSSR count). The van der Waals surface area contributed by atoms with E-state index >= 15 is 0 Å². The maximum absolute atomic E-state index is 11.9. The molecular formula is C11H18N4O2. The van der Waals surface area contributed by atoms with E-state index in [2.05, 4.69) is 10.3 Å². The summed E-state index contributed by atoms with van der Waals surface area (Å²) in [5, 5.41) is 7.60. The summed E-state index contributed by atoms with van der Waals surface area (Å²) < 4.78 is 1.47. The molecule has 6 heteroatoms. The Morgan fingerprint density at radius 2 is 1.88 bits per heavy atom. The van der Waals surface area contributed by atoms with Crippen LogP contribution in [0.5, 0.6) is 0 Å². The van der Waals surface area contributed by atoms with E-state index in [1.54, 1.807) is 11.8 Å². The number of carbonyl (C=O) groups is 2. The number of ketones is 1. The highest BCUT2D eigenvalue weighted by molar-refractivity contribution is 5.93. The summed E-state index contributed by atoms with van der Waals surface area (Å²) in [5.41, 5.74) is 0.968. The molecule has 0 aliphatic heterocycles. The van der Waals surface area contributed by atoms with Crippen LogP contribution in [-0.2, 0) is 11.3 Å². The Kier molecular flexibility index (Phi) is 4.37. The Hall–Kier alpha value is -1.72. The highest BCUT2D eigenvalue weighted by atomic mass is 16.2. The quantitative estimate of drug-likeness (QED) is 0.707.